The Kier molecular flexibility index (Phi) is 8.29. The van der Waals surface area contributed by atoms with E-state index in [9.17, 15) is 28.0 Å². The molecule has 5 rings (SSSR count). The Bertz CT molecular complexity index is 1020. The average Bonchev–Trinajstić information content (AvgIpc) is 3.25. The van der Waals surface area contributed by atoms with Crippen LogP contribution in [0.4, 0.5) is 0 Å². The second kappa shape index (κ2) is 10.9. The van der Waals surface area contributed by atoms with Gasteiger partial charge in [0.25, 0.3) is 0 Å². The van der Waals surface area contributed by atoms with Gasteiger partial charge in [-0.15, -0.1) is 0 Å². The standard InChI is InChI=1S/C31H53NO6S/c1-5-22-26-17-20(33)12-14-31(26,4)25-13-15-30(3)23(9-10-24(30)28(25)29(22)35)19(2)8-11-27(34)32-16-6-7-21(18-32)39(36,37)38/h19-26,28-29,33,35H,5-18H2,1-4H3,(H,36,37,38)/p-1/t19-,20-,21-,22-,23-,24+,25+,26+,28+,29-,30-,31-/m1/s1. The van der Waals surface area contributed by atoms with Gasteiger partial charge in [-0.3, -0.25) is 4.79 Å². The highest BCUT2D eigenvalue weighted by atomic mass is 32.2. The molecule has 4 aliphatic carbocycles. The van der Waals surface area contributed by atoms with Gasteiger partial charge in [0.05, 0.1) is 27.6 Å². The van der Waals surface area contributed by atoms with Gasteiger partial charge in [0.2, 0.25) is 5.91 Å². The molecule has 8 heteroatoms. The molecule has 1 amide bonds. The molecule has 0 aromatic heterocycles. The number of nitrogens with zero attached hydrogens (tertiary/aromatic N) is 1. The van der Waals surface area contributed by atoms with Crippen LogP contribution in [0.2, 0.25) is 0 Å². The minimum Gasteiger partial charge on any atom is -0.748 e. The summed E-state index contributed by atoms with van der Waals surface area (Å²) in [4.78, 5) is 14.6. The van der Waals surface area contributed by atoms with Gasteiger partial charge in [0.15, 0.2) is 0 Å². The molecule has 2 N–H and O–H groups in total. The molecule has 0 radical (unpaired) electrons. The minimum atomic E-state index is -4.37. The van der Waals surface area contributed by atoms with E-state index in [0.29, 0.717) is 61.3 Å². The summed E-state index contributed by atoms with van der Waals surface area (Å²) in [6.45, 7) is 10.0. The Morgan fingerprint density at radius 1 is 1.03 bits per heavy atom. The van der Waals surface area contributed by atoms with Crippen LogP contribution in [0.5, 0.6) is 0 Å². The molecule has 5 aliphatic rings. The second-order valence-electron chi connectivity index (χ2n) is 14.7. The van der Waals surface area contributed by atoms with Crippen LogP contribution >= 0.6 is 0 Å². The number of likely N-dealkylation sites (tertiary alicyclic amines) is 1. The molecule has 39 heavy (non-hydrogen) atoms. The van der Waals surface area contributed by atoms with Crippen LogP contribution in [0.1, 0.15) is 105 Å². The molecule has 1 heterocycles. The van der Waals surface area contributed by atoms with Gasteiger partial charge >= 0.3 is 0 Å². The van der Waals surface area contributed by atoms with Crippen LogP contribution in [0, 0.1) is 52.3 Å². The van der Waals surface area contributed by atoms with Crippen LogP contribution in [-0.2, 0) is 14.9 Å². The lowest BCUT2D eigenvalue weighted by atomic mass is 9.41. The summed E-state index contributed by atoms with van der Waals surface area (Å²) in [5.41, 5.74) is 0.359. The highest BCUT2D eigenvalue weighted by Crippen LogP contribution is 2.69. The zero-order chi connectivity index (χ0) is 28.3. The van der Waals surface area contributed by atoms with Crippen molar-refractivity contribution in [2.45, 2.75) is 122 Å². The number of hydrogen-bond acceptors (Lipinski definition) is 6. The molecule has 0 spiro atoms. The summed E-state index contributed by atoms with van der Waals surface area (Å²) >= 11 is 0. The molecule has 0 bridgehead atoms. The lowest BCUT2D eigenvalue weighted by Gasteiger charge is -2.64. The summed E-state index contributed by atoms with van der Waals surface area (Å²) in [5.74, 6) is 2.87. The molecule has 7 nitrogen and oxygen atoms in total. The first-order chi connectivity index (χ1) is 18.3. The summed E-state index contributed by atoms with van der Waals surface area (Å²) in [6, 6.07) is 0. The van der Waals surface area contributed by atoms with E-state index in [1.165, 1.54) is 6.42 Å². The van der Waals surface area contributed by atoms with Crippen LogP contribution in [0.25, 0.3) is 0 Å². The Labute approximate surface area is 236 Å². The van der Waals surface area contributed by atoms with E-state index >= 15 is 0 Å². The van der Waals surface area contributed by atoms with Crippen LogP contribution in [0.15, 0.2) is 0 Å². The van der Waals surface area contributed by atoms with E-state index in [1.807, 2.05) is 0 Å². The molecule has 224 valence electrons. The number of fused-ring (bicyclic) bond motifs is 5. The largest absolute Gasteiger partial charge is 0.748 e. The Morgan fingerprint density at radius 3 is 2.41 bits per heavy atom. The first kappa shape index (κ1) is 29.8. The van der Waals surface area contributed by atoms with Crippen LogP contribution in [-0.4, -0.2) is 64.5 Å². The number of aliphatic hydroxyl groups excluding tert-OH is 2. The summed E-state index contributed by atoms with van der Waals surface area (Å²) in [7, 11) is -4.37. The maximum Gasteiger partial charge on any atom is 0.222 e. The maximum absolute atomic E-state index is 13.0. The molecular formula is C31H52NO6S-. The van der Waals surface area contributed by atoms with Gasteiger partial charge in [0.1, 0.15) is 0 Å². The van der Waals surface area contributed by atoms with Gasteiger partial charge in [-0.2, -0.15) is 0 Å². The molecule has 0 aromatic rings. The van der Waals surface area contributed by atoms with E-state index < -0.39 is 15.4 Å². The number of hydrogen-bond donors (Lipinski definition) is 2. The maximum atomic E-state index is 13.0. The monoisotopic (exact) mass is 566 g/mol. The molecule has 1 aliphatic heterocycles. The van der Waals surface area contributed by atoms with E-state index in [1.54, 1.807) is 4.90 Å². The predicted octanol–water partition coefficient (Wildman–Crippen LogP) is 4.57. The van der Waals surface area contributed by atoms with Crippen molar-refractivity contribution in [3.05, 3.63) is 0 Å². The number of amides is 1. The summed E-state index contributed by atoms with van der Waals surface area (Å²) in [5, 5.41) is 21.4. The first-order valence-corrected chi connectivity index (χ1v) is 17.4. The summed E-state index contributed by atoms with van der Waals surface area (Å²) < 4.78 is 34.5. The first-order valence-electron chi connectivity index (χ1n) is 15.9. The fraction of sp³-hybridized carbons (Fsp3) is 0.968. The van der Waals surface area contributed by atoms with Crippen molar-refractivity contribution in [3.8, 4) is 0 Å². The van der Waals surface area contributed by atoms with Crippen molar-refractivity contribution in [3.63, 3.8) is 0 Å². The van der Waals surface area contributed by atoms with Crippen molar-refractivity contribution in [2.24, 2.45) is 52.3 Å². The molecule has 0 unspecified atom stereocenters. The van der Waals surface area contributed by atoms with Gasteiger partial charge in [-0.25, -0.2) is 8.42 Å². The van der Waals surface area contributed by atoms with Crippen molar-refractivity contribution >= 4 is 16.0 Å². The topological polar surface area (TPSA) is 118 Å². The normalized spacial score (nSPS) is 47.2. The van der Waals surface area contributed by atoms with Gasteiger partial charge in [-0.1, -0.05) is 34.1 Å². The van der Waals surface area contributed by atoms with Gasteiger partial charge in [-0.05, 0) is 116 Å². The molecule has 12 atom stereocenters. The lowest BCUT2D eigenvalue weighted by Crippen LogP contribution is -2.62. The average molecular weight is 567 g/mol. The van der Waals surface area contributed by atoms with E-state index in [-0.39, 0.29) is 41.4 Å². The number of carbonyl (C=O) groups excluding carboxylic acids is 1. The van der Waals surface area contributed by atoms with Gasteiger partial charge in [0, 0.05) is 19.5 Å². The Morgan fingerprint density at radius 2 is 1.72 bits per heavy atom. The van der Waals surface area contributed by atoms with Crippen LogP contribution < -0.4 is 0 Å². The quantitative estimate of drug-likeness (QED) is 0.455. The fourth-order valence-electron chi connectivity index (χ4n) is 11.0. The second-order valence-corrected chi connectivity index (χ2v) is 16.4. The van der Waals surface area contributed by atoms with E-state index in [4.69, 9.17) is 0 Å². The van der Waals surface area contributed by atoms with Crippen molar-refractivity contribution in [2.75, 3.05) is 13.1 Å². The Balaban J connectivity index is 1.27. The minimum absolute atomic E-state index is 0.0226. The summed E-state index contributed by atoms with van der Waals surface area (Å²) in [6.07, 6.45) is 9.94. The zero-order valence-corrected chi connectivity index (χ0v) is 25.4. The van der Waals surface area contributed by atoms with Gasteiger partial charge < -0.3 is 19.7 Å². The molecular weight excluding hydrogens is 514 g/mol. The molecule has 0 aromatic carbocycles. The van der Waals surface area contributed by atoms with Crippen molar-refractivity contribution in [1.82, 2.24) is 4.90 Å². The third-order valence-electron chi connectivity index (χ3n) is 13.1. The zero-order valence-electron chi connectivity index (χ0n) is 24.6. The molecule has 4 saturated carbocycles. The fourth-order valence-corrected chi connectivity index (χ4v) is 11.9. The Hall–Kier alpha value is -0.700. The van der Waals surface area contributed by atoms with Crippen molar-refractivity contribution in [1.29, 1.82) is 0 Å². The smallest absolute Gasteiger partial charge is 0.222 e. The number of piperidine rings is 1. The lowest BCUT2D eigenvalue weighted by molar-refractivity contribution is -0.203. The number of rotatable bonds is 6. The number of carbonyl (C=O) groups is 1. The highest BCUT2D eigenvalue weighted by molar-refractivity contribution is 7.86. The molecule has 5 fully saturated rings. The van der Waals surface area contributed by atoms with E-state index in [0.717, 1.165) is 51.4 Å². The number of aliphatic hydroxyl groups is 2. The third kappa shape index (κ3) is 5.12. The SMILES string of the molecule is CC[C@H]1[C@@H](O)[C@@H]2[C@H](CC[C@]3(C)[C@@H]([C@H](C)CCC(=O)N4CCC[C@@H](S(=O)(=O)[O-])C4)CC[C@@H]23)[C@@]2(C)CC[C@@H](O)C[C@@H]12. The van der Waals surface area contributed by atoms with Crippen molar-refractivity contribution < 1.29 is 28.0 Å². The van der Waals surface area contributed by atoms with Crippen LogP contribution in [0.3, 0.4) is 0 Å². The highest BCUT2D eigenvalue weighted by Gasteiger charge is 2.64. The van der Waals surface area contributed by atoms with E-state index in [2.05, 4.69) is 27.7 Å². The molecule has 1 saturated heterocycles. The third-order valence-corrected chi connectivity index (χ3v) is 14.3. The predicted molar refractivity (Wildman–Crippen MR) is 149 cm³/mol.